The molecule has 0 fully saturated rings. The third kappa shape index (κ3) is 3.18. The lowest BCUT2D eigenvalue weighted by molar-refractivity contribution is 0.0935. The molecule has 0 spiro atoms. The summed E-state index contributed by atoms with van der Waals surface area (Å²) in [4.78, 5) is 12.3. The lowest BCUT2D eigenvalue weighted by Gasteiger charge is -2.18. The number of phenols is 1. The van der Waals surface area contributed by atoms with Crippen LogP contribution in [0, 0.1) is 6.92 Å². The molecule has 1 atom stereocenters. The first-order valence-electron chi connectivity index (χ1n) is 6.77. The van der Waals surface area contributed by atoms with Crippen molar-refractivity contribution in [2.45, 2.75) is 26.3 Å². The van der Waals surface area contributed by atoms with Gasteiger partial charge < -0.3 is 10.4 Å². The highest BCUT2D eigenvalue weighted by molar-refractivity contribution is 5.96. The van der Waals surface area contributed by atoms with Crippen LogP contribution in [0.3, 0.4) is 0 Å². The monoisotopic (exact) mass is 269 g/mol. The second-order valence-corrected chi connectivity index (χ2v) is 4.84. The molecule has 2 N–H and O–H groups in total. The van der Waals surface area contributed by atoms with Crippen LogP contribution in [0.4, 0.5) is 0 Å². The number of rotatable bonds is 4. The Morgan fingerprint density at radius 2 is 1.90 bits per heavy atom. The quantitative estimate of drug-likeness (QED) is 0.891. The molecule has 3 nitrogen and oxygen atoms in total. The molecule has 0 heterocycles. The van der Waals surface area contributed by atoms with E-state index in [2.05, 4.69) is 5.32 Å². The fourth-order valence-electron chi connectivity index (χ4n) is 2.25. The van der Waals surface area contributed by atoms with Gasteiger partial charge in [0.25, 0.3) is 5.91 Å². The predicted molar refractivity (Wildman–Crippen MR) is 79.8 cm³/mol. The van der Waals surface area contributed by atoms with Gasteiger partial charge >= 0.3 is 0 Å². The van der Waals surface area contributed by atoms with Gasteiger partial charge in [0.15, 0.2) is 0 Å². The molecule has 2 aromatic rings. The highest BCUT2D eigenvalue weighted by Crippen LogP contribution is 2.19. The number of carbonyl (C=O) groups excluding carboxylic acids is 1. The maximum absolute atomic E-state index is 12.3. The summed E-state index contributed by atoms with van der Waals surface area (Å²) in [7, 11) is 0. The van der Waals surface area contributed by atoms with Crippen molar-refractivity contribution in [3.05, 3.63) is 65.2 Å². The fourth-order valence-corrected chi connectivity index (χ4v) is 2.25. The first-order chi connectivity index (χ1) is 9.61. The molecule has 3 heteroatoms. The number of aryl methyl sites for hydroxylation is 1. The van der Waals surface area contributed by atoms with Gasteiger partial charge in [0.1, 0.15) is 5.75 Å². The van der Waals surface area contributed by atoms with E-state index in [9.17, 15) is 9.90 Å². The van der Waals surface area contributed by atoms with Gasteiger partial charge in [0.05, 0.1) is 6.04 Å². The zero-order valence-electron chi connectivity index (χ0n) is 11.8. The Balaban J connectivity index is 2.17. The number of benzene rings is 2. The second-order valence-electron chi connectivity index (χ2n) is 4.84. The van der Waals surface area contributed by atoms with Crippen LogP contribution in [0.5, 0.6) is 5.75 Å². The van der Waals surface area contributed by atoms with Gasteiger partial charge in [-0.3, -0.25) is 4.79 Å². The van der Waals surface area contributed by atoms with Crippen molar-refractivity contribution >= 4 is 5.91 Å². The molecular formula is C17H19NO2. The lowest BCUT2D eigenvalue weighted by atomic mass is 10.0. The maximum atomic E-state index is 12.3. The van der Waals surface area contributed by atoms with E-state index in [0.29, 0.717) is 5.56 Å². The Bertz CT molecular complexity index is 593. The van der Waals surface area contributed by atoms with Crippen molar-refractivity contribution in [1.82, 2.24) is 5.32 Å². The molecule has 104 valence electrons. The van der Waals surface area contributed by atoms with Crippen LogP contribution in [-0.2, 0) is 0 Å². The average Bonchev–Trinajstić information content (AvgIpc) is 2.45. The van der Waals surface area contributed by atoms with Crippen molar-refractivity contribution in [2.24, 2.45) is 0 Å². The molecule has 1 amide bonds. The minimum absolute atomic E-state index is 0.00287. The summed E-state index contributed by atoms with van der Waals surface area (Å²) in [5.41, 5.74) is 2.46. The van der Waals surface area contributed by atoms with Crippen LogP contribution in [0.2, 0.25) is 0 Å². The van der Waals surface area contributed by atoms with E-state index in [1.807, 2.05) is 44.2 Å². The van der Waals surface area contributed by atoms with E-state index in [1.165, 1.54) is 6.07 Å². The molecular weight excluding hydrogens is 250 g/mol. The zero-order valence-corrected chi connectivity index (χ0v) is 11.8. The van der Waals surface area contributed by atoms with Crippen LogP contribution in [0.1, 0.15) is 40.9 Å². The molecule has 2 aromatic carbocycles. The molecule has 0 aliphatic rings. The molecule has 20 heavy (non-hydrogen) atoms. The van der Waals surface area contributed by atoms with Crippen LogP contribution in [0.25, 0.3) is 0 Å². The summed E-state index contributed by atoms with van der Waals surface area (Å²) >= 11 is 0. The van der Waals surface area contributed by atoms with Crippen LogP contribution >= 0.6 is 0 Å². The van der Waals surface area contributed by atoms with Crippen LogP contribution < -0.4 is 5.32 Å². The van der Waals surface area contributed by atoms with Crippen molar-refractivity contribution in [1.29, 1.82) is 0 Å². The predicted octanol–water partition coefficient (Wildman–Crippen LogP) is 3.58. The van der Waals surface area contributed by atoms with E-state index in [1.54, 1.807) is 12.1 Å². The van der Waals surface area contributed by atoms with E-state index in [4.69, 9.17) is 0 Å². The number of nitrogens with one attached hydrogen (secondary N) is 1. The fraction of sp³-hybridized carbons (Fsp3) is 0.235. The Morgan fingerprint density at radius 1 is 1.20 bits per heavy atom. The SMILES string of the molecule is CCC(NC(=O)c1ccc(O)cc1C)c1ccccc1. The molecule has 0 radical (unpaired) electrons. The normalized spacial score (nSPS) is 11.9. The number of carbonyl (C=O) groups is 1. The van der Waals surface area contributed by atoms with E-state index >= 15 is 0 Å². The minimum Gasteiger partial charge on any atom is -0.508 e. The van der Waals surface area contributed by atoms with Gasteiger partial charge in [-0.2, -0.15) is 0 Å². The highest BCUT2D eigenvalue weighted by Gasteiger charge is 2.15. The lowest BCUT2D eigenvalue weighted by Crippen LogP contribution is -2.28. The zero-order chi connectivity index (χ0) is 14.5. The number of aromatic hydroxyl groups is 1. The van der Waals surface area contributed by atoms with Crippen molar-refractivity contribution in [3.8, 4) is 5.75 Å². The highest BCUT2D eigenvalue weighted by atomic mass is 16.3. The maximum Gasteiger partial charge on any atom is 0.252 e. The van der Waals surface area contributed by atoms with Crippen LogP contribution in [0.15, 0.2) is 48.5 Å². The topological polar surface area (TPSA) is 49.3 Å². The minimum atomic E-state index is -0.113. The Hall–Kier alpha value is -2.29. The Kier molecular flexibility index (Phi) is 4.41. The first kappa shape index (κ1) is 14.1. The molecule has 0 saturated carbocycles. The van der Waals surface area contributed by atoms with Crippen molar-refractivity contribution < 1.29 is 9.90 Å². The summed E-state index contributed by atoms with van der Waals surface area (Å²) in [6, 6.07) is 14.7. The molecule has 0 aliphatic heterocycles. The number of hydrogen-bond acceptors (Lipinski definition) is 2. The van der Waals surface area contributed by atoms with E-state index in [-0.39, 0.29) is 17.7 Å². The van der Waals surface area contributed by atoms with Crippen LogP contribution in [-0.4, -0.2) is 11.0 Å². The Labute approximate surface area is 119 Å². The van der Waals surface area contributed by atoms with Crippen molar-refractivity contribution in [2.75, 3.05) is 0 Å². The largest absolute Gasteiger partial charge is 0.508 e. The van der Waals surface area contributed by atoms with Gasteiger partial charge in [-0.05, 0) is 42.7 Å². The molecule has 1 unspecified atom stereocenters. The van der Waals surface area contributed by atoms with Gasteiger partial charge in [-0.1, -0.05) is 37.3 Å². The van der Waals surface area contributed by atoms with Gasteiger partial charge in [-0.25, -0.2) is 0 Å². The Morgan fingerprint density at radius 3 is 2.50 bits per heavy atom. The summed E-state index contributed by atoms with van der Waals surface area (Å²) in [5, 5.41) is 12.4. The molecule has 0 aromatic heterocycles. The molecule has 0 bridgehead atoms. The molecule has 0 saturated heterocycles. The summed E-state index contributed by atoms with van der Waals surface area (Å²) in [5.74, 6) is 0.0624. The summed E-state index contributed by atoms with van der Waals surface area (Å²) in [6.07, 6.45) is 0.826. The van der Waals surface area contributed by atoms with Gasteiger partial charge in [0.2, 0.25) is 0 Å². The summed E-state index contributed by atoms with van der Waals surface area (Å²) < 4.78 is 0. The third-order valence-corrected chi connectivity index (χ3v) is 3.37. The molecule has 0 aliphatic carbocycles. The van der Waals surface area contributed by atoms with Gasteiger partial charge in [-0.15, -0.1) is 0 Å². The van der Waals surface area contributed by atoms with E-state index < -0.39 is 0 Å². The van der Waals surface area contributed by atoms with E-state index in [0.717, 1.165) is 17.5 Å². The van der Waals surface area contributed by atoms with Crippen molar-refractivity contribution in [3.63, 3.8) is 0 Å². The smallest absolute Gasteiger partial charge is 0.252 e. The number of amides is 1. The molecule has 2 rings (SSSR count). The summed E-state index contributed by atoms with van der Waals surface area (Å²) in [6.45, 7) is 3.86. The average molecular weight is 269 g/mol. The van der Waals surface area contributed by atoms with Gasteiger partial charge in [0, 0.05) is 5.56 Å². The third-order valence-electron chi connectivity index (χ3n) is 3.37. The second kappa shape index (κ2) is 6.24. The first-order valence-corrected chi connectivity index (χ1v) is 6.77. The number of phenolic OH excluding ortho intramolecular Hbond substituents is 1. The standard InChI is InChI=1S/C17H19NO2/c1-3-16(13-7-5-4-6-8-13)18-17(20)15-10-9-14(19)11-12(15)2/h4-11,16,19H,3H2,1-2H3,(H,18,20). The number of hydrogen-bond donors (Lipinski definition) is 2.